The smallest absolute Gasteiger partial charge is 0.453 e. The van der Waals surface area contributed by atoms with E-state index in [1.165, 1.54) is 12.1 Å². The number of benzene rings is 2. The van der Waals surface area contributed by atoms with Crippen LogP contribution >= 0.6 is 0 Å². The molecule has 0 unspecified atom stereocenters. The van der Waals surface area contributed by atoms with E-state index >= 15 is 0 Å². The standard InChI is InChI=1S/C19H15F3O4/c1-9-4-5-10(2)16(11(9)3)26-17-15(24)13-7-6-12(23)8-14(13)25-18(17)19(20,21)22/h4-8,23H,1-3H3. The Hall–Kier alpha value is -2.96. The van der Waals surface area contributed by atoms with Gasteiger partial charge < -0.3 is 14.3 Å². The van der Waals surface area contributed by atoms with Crippen molar-refractivity contribution < 1.29 is 27.4 Å². The van der Waals surface area contributed by atoms with E-state index in [-0.39, 0.29) is 22.5 Å². The van der Waals surface area contributed by atoms with Crippen molar-refractivity contribution in [3.05, 3.63) is 63.0 Å². The summed E-state index contributed by atoms with van der Waals surface area (Å²) in [6.45, 7) is 5.17. The maximum atomic E-state index is 13.5. The van der Waals surface area contributed by atoms with Gasteiger partial charge in [0.1, 0.15) is 17.1 Å². The number of hydrogen-bond acceptors (Lipinski definition) is 4. The highest BCUT2D eigenvalue weighted by Crippen LogP contribution is 2.40. The van der Waals surface area contributed by atoms with Crippen LogP contribution in [-0.4, -0.2) is 5.11 Å². The zero-order valence-corrected chi connectivity index (χ0v) is 14.2. The molecule has 0 aliphatic rings. The van der Waals surface area contributed by atoms with Gasteiger partial charge in [0.2, 0.25) is 11.2 Å². The Morgan fingerprint density at radius 2 is 1.65 bits per heavy atom. The first kappa shape index (κ1) is 17.8. The highest BCUT2D eigenvalue weighted by atomic mass is 19.4. The third kappa shape index (κ3) is 3.00. The fourth-order valence-electron chi connectivity index (χ4n) is 2.63. The van der Waals surface area contributed by atoms with Crippen LogP contribution in [0, 0.1) is 20.8 Å². The van der Waals surface area contributed by atoms with Gasteiger partial charge >= 0.3 is 6.18 Å². The second-order valence-corrected chi connectivity index (χ2v) is 6.02. The Morgan fingerprint density at radius 3 is 2.31 bits per heavy atom. The van der Waals surface area contributed by atoms with Crippen LogP contribution in [0.2, 0.25) is 0 Å². The van der Waals surface area contributed by atoms with Gasteiger partial charge in [-0.25, -0.2) is 0 Å². The molecule has 0 aliphatic carbocycles. The molecule has 0 atom stereocenters. The predicted molar refractivity (Wildman–Crippen MR) is 89.9 cm³/mol. The molecule has 7 heteroatoms. The lowest BCUT2D eigenvalue weighted by molar-refractivity contribution is -0.154. The van der Waals surface area contributed by atoms with Crippen LogP contribution in [0.4, 0.5) is 13.2 Å². The molecule has 4 nitrogen and oxygen atoms in total. The monoisotopic (exact) mass is 364 g/mol. The van der Waals surface area contributed by atoms with Crippen LogP contribution in [0.5, 0.6) is 17.2 Å². The van der Waals surface area contributed by atoms with Crippen molar-refractivity contribution in [2.75, 3.05) is 0 Å². The zero-order valence-electron chi connectivity index (χ0n) is 14.2. The summed E-state index contributed by atoms with van der Waals surface area (Å²) in [4.78, 5) is 12.7. The first-order valence-corrected chi connectivity index (χ1v) is 7.71. The van der Waals surface area contributed by atoms with Gasteiger partial charge in [-0.2, -0.15) is 13.2 Å². The van der Waals surface area contributed by atoms with Crippen molar-refractivity contribution >= 4 is 11.0 Å². The Morgan fingerprint density at radius 1 is 1.00 bits per heavy atom. The van der Waals surface area contributed by atoms with Gasteiger partial charge in [-0.15, -0.1) is 0 Å². The molecule has 3 rings (SSSR count). The van der Waals surface area contributed by atoms with Crippen LogP contribution in [-0.2, 0) is 6.18 Å². The fraction of sp³-hybridized carbons (Fsp3) is 0.211. The summed E-state index contributed by atoms with van der Waals surface area (Å²) in [5, 5.41) is 9.33. The molecule has 1 heterocycles. The first-order chi connectivity index (χ1) is 12.1. The Labute approximate surface area is 146 Å². The van der Waals surface area contributed by atoms with E-state index in [4.69, 9.17) is 9.15 Å². The zero-order chi connectivity index (χ0) is 19.2. The Balaban J connectivity index is 2.32. The topological polar surface area (TPSA) is 59.7 Å². The van der Waals surface area contributed by atoms with Crippen molar-refractivity contribution in [3.8, 4) is 17.2 Å². The quantitative estimate of drug-likeness (QED) is 0.676. The molecule has 26 heavy (non-hydrogen) atoms. The third-order valence-electron chi connectivity index (χ3n) is 4.17. The molecule has 0 spiro atoms. The van der Waals surface area contributed by atoms with Gasteiger partial charge in [-0.05, 0) is 49.6 Å². The summed E-state index contributed by atoms with van der Waals surface area (Å²) in [6, 6.07) is 6.86. The van der Waals surface area contributed by atoms with Gasteiger partial charge in [0, 0.05) is 6.07 Å². The summed E-state index contributed by atoms with van der Waals surface area (Å²) in [6.07, 6.45) is -4.94. The first-order valence-electron chi connectivity index (χ1n) is 7.71. The molecule has 1 aromatic heterocycles. The maximum Gasteiger partial charge on any atom is 0.453 e. The summed E-state index contributed by atoms with van der Waals surface area (Å²) < 4.78 is 50.7. The molecule has 0 saturated heterocycles. The van der Waals surface area contributed by atoms with Crippen molar-refractivity contribution in [2.45, 2.75) is 26.9 Å². The van der Waals surface area contributed by atoms with Crippen molar-refractivity contribution in [1.82, 2.24) is 0 Å². The number of phenolic OH excluding ortho intramolecular Hbond substituents is 1. The van der Waals surface area contributed by atoms with Gasteiger partial charge in [-0.3, -0.25) is 4.79 Å². The largest absolute Gasteiger partial charge is 0.508 e. The van der Waals surface area contributed by atoms with Gasteiger partial charge in [0.15, 0.2) is 0 Å². The number of hydrogen-bond donors (Lipinski definition) is 1. The van der Waals surface area contributed by atoms with E-state index in [1.54, 1.807) is 26.8 Å². The predicted octanol–water partition coefficient (Wildman–Crippen LogP) is 5.23. The Kier molecular flexibility index (Phi) is 4.18. The van der Waals surface area contributed by atoms with Gasteiger partial charge in [0.25, 0.3) is 5.76 Å². The summed E-state index contributed by atoms with van der Waals surface area (Å²) in [7, 11) is 0. The van der Waals surface area contributed by atoms with E-state index in [0.29, 0.717) is 11.1 Å². The van der Waals surface area contributed by atoms with Crippen molar-refractivity contribution in [3.63, 3.8) is 0 Å². The van der Waals surface area contributed by atoms with Gasteiger partial charge in [0.05, 0.1) is 5.39 Å². The van der Waals surface area contributed by atoms with E-state index in [0.717, 1.165) is 11.6 Å². The average Bonchev–Trinajstić information content (AvgIpc) is 2.55. The summed E-state index contributed by atoms with van der Waals surface area (Å²) in [5.41, 5.74) is 0.704. The van der Waals surface area contributed by atoms with Crippen LogP contribution in [0.3, 0.4) is 0 Å². The summed E-state index contributed by atoms with van der Waals surface area (Å²) in [5.74, 6) is -2.60. The number of aromatic hydroxyl groups is 1. The minimum Gasteiger partial charge on any atom is -0.508 e. The molecule has 2 aromatic carbocycles. The number of aryl methyl sites for hydroxylation is 2. The molecule has 0 bridgehead atoms. The lowest BCUT2D eigenvalue weighted by atomic mass is 10.1. The minimum absolute atomic E-state index is 0.117. The highest BCUT2D eigenvalue weighted by molar-refractivity contribution is 5.79. The van der Waals surface area contributed by atoms with Crippen LogP contribution in [0.15, 0.2) is 39.5 Å². The van der Waals surface area contributed by atoms with E-state index in [1.807, 2.05) is 6.07 Å². The number of phenols is 1. The molecule has 136 valence electrons. The van der Waals surface area contributed by atoms with Crippen LogP contribution in [0.25, 0.3) is 11.0 Å². The minimum atomic E-state index is -4.94. The fourth-order valence-corrected chi connectivity index (χ4v) is 2.63. The molecule has 0 saturated carbocycles. The molecule has 0 fully saturated rings. The third-order valence-corrected chi connectivity index (χ3v) is 4.17. The number of ether oxygens (including phenoxy) is 1. The van der Waals surface area contributed by atoms with Crippen LogP contribution in [0.1, 0.15) is 22.5 Å². The number of alkyl halides is 3. The Bertz CT molecular complexity index is 1070. The number of rotatable bonds is 2. The normalized spacial score (nSPS) is 11.8. The highest BCUT2D eigenvalue weighted by Gasteiger charge is 2.40. The van der Waals surface area contributed by atoms with Crippen molar-refractivity contribution in [2.24, 2.45) is 0 Å². The van der Waals surface area contributed by atoms with Crippen LogP contribution < -0.4 is 10.2 Å². The van der Waals surface area contributed by atoms with Gasteiger partial charge in [-0.1, -0.05) is 12.1 Å². The second-order valence-electron chi connectivity index (χ2n) is 6.02. The average molecular weight is 364 g/mol. The van der Waals surface area contributed by atoms with Crippen molar-refractivity contribution in [1.29, 1.82) is 0 Å². The molecule has 0 radical (unpaired) electrons. The second kappa shape index (κ2) is 6.09. The molecule has 1 N–H and O–H groups in total. The summed E-state index contributed by atoms with van der Waals surface area (Å²) >= 11 is 0. The molecule has 0 aliphatic heterocycles. The van der Waals surface area contributed by atoms with E-state index in [9.17, 15) is 23.1 Å². The lowest BCUT2D eigenvalue weighted by Crippen LogP contribution is -2.16. The van der Waals surface area contributed by atoms with E-state index < -0.39 is 23.1 Å². The molecule has 0 amide bonds. The maximum absolute atomic E-state index is 13.5. The van der Waals surface area contributed by atoms with E-state index in [2.05, 4.69) is 0 Å². The number of halogens is 3. The SMILES string of the molecule is Cc1ccc(C)c(Oc2c(C(F)(F)F)oc3cc(O)ccc3c2=O)c1C. The molecular weight excluding hydrogens is 349 g/mol. The molecule has 3 aromatic rings. The number of fused-ring (bicyclic) bond motifs is 1. The molecular formula is C19H15F3O4. The lowest BCUT2D eigenvalue weighted by Gasteiger charge is -2.16.